The molecule has 0 aromatic carbocycles. The monoisotopic (exact) mass is 235 g/mol. The van der Waals surface area contributed by atoms with E-state index in [-0.39, 0.29) is 11.8 Å². The van der Waals surface area contributed by atoms with Gasteiger partial charge in [0.05, 0.1) is 11.8 Å². The highest BCUT2D eigenvalue weighted by molar-refractivity contribution is 5.85. The number of hydrogen-bond acceptors (Lipinski definition) is 2. The predicted molar refractivity (Wildman–Crippen MR) is 63.3 cm³/mol. The van der Waals surface area contributed by atoms with Gasteiger partial charge in [-0.15, -0.1) is 0 Å². The average molecular weight is 235 g/mol. The van der Waals surface area contributed by atoms with Gasteiger partial charge in [0, 0.05) is 13.1 Å². The lowest BCUT2D eigenvalue weighted by molar-refractivity contribution is -0.150. The van der Waals surface area contributed by atoms with Gasteiger partial charge in [-0.1, -0.05) is 24.3 Å². The molecule has 4 heteroatoms. The van der Waals surface area contributed by atoms with Crippen molar-refractivity contribution in [2.45, 2.75) is 19.3 Å². The minimum absolute atomic E-state index is 0.00824. The number of carbonyl (C=O) groups is 2. The first-order valence-corrected chi connectivity index (χ1v) is 6.01. The Morgan fingerprint density at radius 1 is 1.06 bits per heavy atom. The Morgan fingerprint density at radius 3 is 2.35 bits per heavy atom. The molecular weight excluding hydrogens is 218 g/mol. The van der Waals surface area contributed by atoms with Gasteiger partial charge in [0.2, 0.25) is 5.91 Å². The molecule has 2 atom stereocenters. The van der Waals surface area contributed by atoms with Crippen LogP contribution in [0.25, 0.3) is 0 Å². The van der Waals surface area contributed by atoms with Crippen LogP contribution < -0.4 is 0 Å². The second kappa shape index (κ2) is 5.17. The van der Waals surface area contributed by atoms with Crippen molar-refractivity contribution in [2.24, 2.45) is 11.8 Å². The third kappa shape index (κ3) is 2.57. The highest BCUT2D eigenvalue weighted by Crippen LogP contribution is 2.28. The Kier molecular flexibility index (Phi) is 3.61. The van der Waals surface area contributed by atoms with Crippen LogP contribution in [-0.2, 0) is 9.59 Å². The number of amides is 1. The van der Waals surface area contributed by atoms with Gasteiger partial charge in [0.1, 0.15) is 0 Å². The Bertz CT molecular complexity index is 373. The number of allylic oxidation sites excluding steroid dienone is 2. The number of rotatable bonds is 2. The molecule has 0 bridgehead atoms. The maximum Gasteiger partial charge on any atom is 0.307 e. The van der Waals surface area contributed by atoms with E-state index in [9.17, 15) is 9.59 Å². The van der Waals surface area contributed by atoms with Gasteiger partial charge in [-0.3, -0.25) is 9.59 Å². The summed E-state index contributed by atoms with van der Waals surface area (Å²) < 4.78 is 0. The molecule has 92 valence electrons. The van der Waals surface area contributed by atoms with Crippen LogP contribution in [0, 0.1) is 11.8 Å². The quantitative estimate of drug-likeness (QED) is 0.737. The fourth-order valence-electron chi connectivity index (χ4n) is 2.44. The fourth-order valence-corrected chi connectivity index (χ4v) is 2.44. The third-order valence-corrected chi connectivity index (χ3v) is 3.44. The zero-order valence-electron chi connectivity index (χ0n) is 9.71. The van der Waals surface area contributed by atoms with Crippen LogP contribution in [0.1, 0.15) is 19.3 Å². The molecule has 0 spiro atoms. The van der Waals surface area contributed by atoms with Crippen molar-refractivity contribution in [1.29, 1.82) is 0 Å². The molecule has 2 rings (SSSR count). The molecule has 17 heavy (non-hydrogen) atoms. The summed E-state index contributed by atoms with van der Waals surface area (Å²) in [6.45, 7) is 1.33. The minimum atomic E-state index is -0.861. The molecule has 0 aromatic heterocycles. The Morgan fingerprint density at radius 2 is 1.76 bits per heavy atom. The molecule has 0 saturated heterocycles. The second-order valence-corrected chi connectivity index (χ2v) is 4.54. The van der Waals surface area contributed by atoms with E-state index in [0.717, 1.165) is 6.42 Å². The number of nitrogens with zero attached hydrogens (tertiary/aromatic N) is 1. The maximum atomic E-state index is 12.3. The number of aliphatic carboxylic acids is 1. The highest BCUT2D eigenvalue weighted by atomic mass is 16.4. The molecule has 4 nitrogen and oxygen atoms in total. The van der Waals surface area contributed by atoms with E-state index in [1.54, 1.807) is 4.90 Å². The first kappa shape index (κ1) is 11.9. The largest absolute Gasteiger partial charge is 0.481 e. The van der Waals surface area contributed by atoms with Gasteiger partial charge in [0.25, 0.3) is 0 Å². The molecular formula is C13H17NO3. The molecule has 0 radical (unpaired) electrons. The van der Waals surface area contributed by atoms with Gasteiger partial charge in [-0.2, -0.15) is 0 Å². The maximum absolute atomic E-state index is 12.3. The molecule has 0 fully saturated rings. The number of carbonyl (C=O) groups excluding carboxylic acids is 1. The molecule has 2 aliphatic rings. The SMILES string of the molecule is O=C(O)[C@H]1CC=CC[C@H]1C(=O)N1CC=CCC1. The molecule has 1 amide bonds. The summed E-state index contributed by atoms with van der Waals surface area (Å²) in [6, 6.07) is 0. The Hall–Kier alpha value is -1.58. The summed E-state index contributed by atoms with van der Waals surface area (Å²) in [5.41, 5.74) is 0. The summed E-state index contributed by atoms with van der Waals surface area (Å²) in [5.74, 6) is -1.81. The fraction of sp³-hybridized carbons (Fsp3) is 0.538. The highest BCUT2D eigenvalue weighted by Gasteiger charge is 2.36. The van der Waals surface area contributed by atoms with Crippen molar-refractivity contribution in [1.82, 2.24) is 4.90 Å². The van der Waals surface area contributed by atoms with Gasteiger partial charge < -0.3 is 10.0 Å². The van der Waals surface area contributed by atoms with Gasteiger partial charge in [0.15, 0.2) is 0 Å². The Balaban J connectivity index is 2.08. The molecule has 1 aliphatic heterocycles. The molecule has 0 unspecified atom stereocenters. The topological polar surface area (TPSA) is 57.6 Å². The van der Waals surface area contributed by atoms with Crippen molar-refractivity contribution in [3.8, 4) is 0 Å². The lowest BCUT2D eigenvalue weighted by atomic mass is 9.82. The number of carboxylic acids is 1. The second-order valence-electron chi connectivity index (χ2n) is 4.54. The summed E-state index contributed by atoms with van der Waals surface area (Å²) >= 11 is 0. The summed E-state index contributed by atoms with van der Waals surface area (Å²) in [5, 5.41) is 9.14. The van der Waals surface area contributed by atoms with Crippen molar-refractivity contribution in [2.75, 3.05) is 13.1 Å². The first-order valence-electron chi connectivity index (χ1n) is 6.01. The summed E-state index contributed by atoms with van der Waals surface area (Å²) in [4.78, 5) is 25.2. The molecule has 1 N–H and O–H groups in total. The van der Waals surface area contributed by atoms with Gasteiger partial charge >= 0.3 is 5.97 Å². The van der Waals surface area contributed by atoms with E-state index in [2.05, 4.69) is 6.08 Å². The average Bonchev–Trinajstić information content (AvgIpc) is 2.39. The zero-order chi connectivity index (χ0) is 12.3. The zero-order valence-corrected chi connectivity index (χ0v) is 9.71. The number of carboxylic acid groups (broad SMARTS) is 1. The van der Waals surface area contributed by atoms with Crippen LogP contribution in [0.5, 0.6) is 0 Å². The Labute approximate surface area is 101 Å². The van der Waals surface area contributed by atoms with Crippen LogP contribution in [0.15, 0.2) is 24.3 Å². The van der Waals surface area contributed by atoms with Crippen molar-refractivity contribution in [3.05, 3.63) is 24.3 Å². The standard InChI is InChI=1S/C13H17NO3/c15-12(14-8-4-1-5-9-14)10-6-2-3-7-11(10)13(16)17/h1-4,10-11H,5-9H2,(H,16,17)/t10-,11+/m1/s1. The van der Waals surface area contributed by atoms with E-state index in [1.807, 2.05) is 18.2 Å². The third-order valence-electron chi connectivity index (χ3n) is 3.44. The summed E-state index contributed by atoms with van der Waals surface area (Å²) in [7, 11) is 0. The minimum Gasteiger partial charge on any atom is -0.481 e. The molecule has 0 saturated carbocycles. The lowest BCUT2D eigenvalue weighted by Crippen LogP contribution is -2.43. The van der Waals surface area contributed by atoms with E-state index < -0.39 is 11.9 Å². The van der Waals surface area contributed by atoms with E-state index in [4.69, 9.17) is 5.11 Å². The van der Waals surface area contributed by atoms with Crippen molar-refractivity contribution >= 4 is 11.9 Å². The summed E-state index contributed by atoms with van der Waals surface area (Å²) in [6.07, 6.45) is 9.69. The van der Waals surface area contributed by atoms with Crippen LogP contribution in [0.4, 0.5) is 0 Å². The molecule has 1 heterocycles. The van der Waals surface area contributed by atoms with Crippen LogP contribution in [0.3, 0.4) is 0 Å². The smallest absolute Gasteiger partial charge is 0.307 e. The van der Waals surface area contributed by atoms with Gasteiger partial charge in [-0.25, -0.2) is 0 Å². The predicted octanol–water partition coefficient (Wildman–Crippen LogP) is 1.44. The van der Waals surface area contributed by atoms with Crippen LogP contribution in [0.2, 0.25) is 0 Å². The molecule has 1 aliphatic carbocycles. The van der Waals surface area contributed by atoms with Gasteiger partial charge in [-0.05, 0) is 19.3 Å². The van der Waals surface area contributed by atoms with Crippen molar-refractivity contribution in [3.63, 3.8) is 0 Å². The first-order chi connectivity index (χ1) is 8.20. The van der Waals surface area contributed by atoms with Crippen LogP contribution in [-0.4, -0.2) is 35.0 Å². The van der Waals surface area contributed by atoms with Crippen LogP contribution >= 0.6 is 0 Å². The van der Waals surface area contributed by atoms with E-state index >= 15 is 0 Å². The van der Waals surface area contributed by atoms with E-state index in [0.29, 0.717) is 25.9 Å². The normalized spacial score (nSPS) is 28.1. The van der Waals surface area contributed by atoms with Crippen molar-refractivity contribution < 1.29 is 14.7 Å². The van der Waals surface area contributed by atoms with E-state index in [1.165, 1.54) is 0 Å². The lowest BCUT2D eigenvalue weighted by Gasteiger charge is -2.31. The molecule has 0 aromatic rings. The number of hydrogen-bond donors (Lipinski definition) is 1.